The number of carbonyl (C=O) groups is 1. The van der Waals surface area contributed by atoms with E-state index in [0.29, 0.717) is 10.6 Å². The Labute approximate surface area is 172 Å². The van der Waals surface area contributed by atoms with Gasteiger partial charge in [-0.15, -0.1) is 0 Å². The first-order chi connectivity index (χ1) is 14.1. The van der Waals surface area contributed by atoms with Gasteiger partial charge in [0, 0.05) is 23.0 Å². The van der Waals surface area contributed by atoms with Crippen LogP contribution in [0.25, 0.3) is 22.2 Å². The van der Waals surface area contributed by atoms with Gasteiger partial charge in [-0.25, -0.2) is 4.98 Å². The molecule has 2 N–H and O–H groups in total. The van der Waals surface area contributed by atoms with Crippen molar-refractivity contribution in [2.75, 3.05) is 11.1 Å². The third-order valence-electron chi connectivity index (χ3n) is 4.51. The van der Waals surface area contributed by atoms with E-state index in [4.69, 9.17) is 0 Å². The third kappa shape index (κ3) is 4.31. The van der Waals surface area contributed by atoms with E-state index in [-0.39, 0.29) is 11.7 Å². The summed E-state index contributed by atoms with van der Waals surface area (Å²) >= 11 is 1.26. The zero-order valence-corrected chi connectivity index (χ0v) is 16.6. The quantitative estimate of drug-likeness (QED) is 0.456. The molecular weight excluding hydrogens is 380 g/mol. The molecule has 2 aromatic carbocycles. The maximum Gasteiger partial charge on any atom is 0.234 e. The molecule has 2 heterocycles. The minimum atomic E-state index is -0.146. The molecule has 5 nitrogen and oxygen atoms in total. The summed E-state index contributed by atoms with van der Waals surface area (Å²) in [5, 5.41) is 13.9. The average molecular weight is 398 g/mol. The molecule has 0 bridgehead atoms. The van der Waals surface area contributed by atoms with Gasteiger partial charge in [-0.3, -0.25) is 4.79 Å². The van der Waals surface area contributed by atoms with Crippen LogP contribution in [0.15, 0.2) is 71.9 Å². The molecule has 4 rings (SSSR count). The van der Waals surface area contributed by atoms with E-state index in [2.05, 4.69) is 21.4 Å². The number of amides is 1. The lowest BCUT2D eigenvalue weighted by Crippen LogP contribution is -2.14. The molecule has 0 unspecified atom stereocenters. The molecule has 0 saturated heterocycles. The van der Waals surface area contributed by atoms with Crippen molar-refractivity contribution in [2.24, 2.45) is 0 Å². The molecule has 4 aromatic rings. The average Bonchev–Trinajstić information content (AvgIpc) is 3.20. The highest BCUT2D eigenvalue weighted by Crippen LogP contribution is 2.26. The number of nitrogens with one attached hydrogen (secondary N) is 2. The highest BCUT2D eigenvalue weighted by atomic mass is 32.2. The Morgan fingerprint density at radius 1 is 1.14 bits per heavy atom. The van der Waals surface area contributed by atoms with Gasteiger partial charge in [-0.2, -0.15) is 5.26 Å². The van der Waals surface area contributed by atoms with Crippen molar-refractivity contribution in [1.82, 2.24) is 9.97 Å². The van der Waals surface area contributed by atoms with Gasteiger partial charge in [0.25, 0.3) is 0 Å². The lowest BCUT2D eigenvalue weighted by molar-refractivity contribution is -0.113. The number of hydrogen-bond acceptors (Lipinski definition) is 4. The number of pyridine rings is 1. The van der Waals surface area contributed by atoms with Crippen LogP contribution >= 0.6 is 11.8 Å². The molecule has 0 aliphatic rings. The molecule has 29 heavy (non-hydrogen) atoms. The van der Waals surface area contributed by atoms with Crippen molar-refractivity contribution in [1.29, 1.82) is 5.26 Å². The van der Waals surface area contributed by atoms with Crippen LogP contribution in [-0.2, 0) is 4.79 Å². The number of aromatic amines is 1. The van der Waals surface area contributed by atoms with Crippen LogP contribution in [0.5, 0.6) is 0 Å². The molecule has 0 spiro atoms. The van der Waals surface area contributed by atoms with E-state index < -0.39 is 0 Å². The summed E-state index contributed by atoms with van der Waals surface area (Å²) in [5.41, 5.74) is 5.09. The number of nitriles is 1. The van der Waals surface area contributed by atoms with Crippen LogP contribution in [0.2, 0.25) is 0 Å². The molecule has 0 atom stereocenters. The number of aryl methyl sites for hydroxylation is 1. The van der Waals surface area contributed by atoms with E-state index >= 15 is 0 Å². The summed E-state index contributed by atoms with van der Waals surface area (Å²) in [6, 6.07) is 21.5. The third-order valence-corrected chi connectivity index (χ3v) is 5.50. The number of benzene rings is 2. The Bertz CT molecular complexity index is 1220. The fraction of sp³-hybridized carbons (Fsp3) is 0.0870. The summed E-state index contributed by atoms with van der Waals surface area (Å²) in [4.78, 5) is 20.1. The van der Waals surface area contributed by atoms with E-state index in [1.165, 1.54) is 17.3 Å². The van der Waals surface area contributed by atoms with Crippen LogP contribution in [-0.4, -0.2) is 21.6 Å². The predicted octanol–water partition coefficient (Wildman–Crippen LogP) is 5.14. The van der Waals surface area contributed by atoms with Gasteiger partial charge in [0.1, 0.15) is 11.1 Å². The zero-order chi connectivity index (χ0) is 20.2. The molecule has 6 heteroatoms. The van der Waals surface area contributed by atoms with Gasteiger partial charge in [-0.1, -0.05) is 47.7 Å². The minimum absolute atomic E-state index is 0.146. The second-order valence-corrected chi connectivity index (χ2v) is 7.61. The number of nitrogens with zero attached hydrogens (tertiary/aromatic N) is 2. The van der Waals surface area contributed by atoms with Crippen molar-refractivity contribution in [3.63, 3.8) is 0 Å². The second-order valence-electron chi connectivity index (χ2n) is 6.64. The number of rotatable bonds is 5. The maximum absolute atomic E-state index is 12.4. The van der Waals surface area contributed by atoms with Gasteiger partial charge < -0.3 is 10.3 Å². The number of thioether (sulfide) groups is 1. The number of fused-ring (bicyclic) bond motifs is 1. The van der Waals surface area contributed by atoms with Crippen molar-refractivity contribution in [3.8, 4) is 17.3 Å². The molecule has 0 saturated carbocycles. The van der Waals surface area contributed by atoms with Crippen LogP contribution in [0.1, 0.15) is 11.1 Å². The number of carbonyl (C=O) groups excluding carboxylic acids is 1. The highest BCUT2D eigenvalue weighted by Gasteiger charge is 2.11. The molecule has 0 radical (unpaired) electrons. The van der Waals surface area contributed by atoms with E-state index in [1.807, 2.05) is 67.7 Å². The van der Waals surface area contributed by atoms with Crippen LogP contribution < -0.4 is 5.32 Å². The number of hydrogen-bond donors (Lipinski definition) is 2. The van der Waals surface area contributed by atoms with E-state index in [1.54, 1.807) is 6.07 Å². The topological polar surface area (TPSA) is 81.6 Å². The van der Waals surface area contributed by atoms with Crippen molar-refractivity contribution >= 4 is 34.3 Å². The first kappa shape index (κ1) is 18.8. The first-order valence-corrected chi connectivity index (χ1v) is 10.1. The largest absolute Gasteiger partial charge is 0.361 e. The summed E-state index contributed by atoms with van der Waals surface area (Å²) in [6.07, 6.45) is 1.86. The Hall–Kier alpha value is -3.56. The smallest absolute Gasteiger partial charge is 0.234 e. The Balaban J connectivity index is 1.47. The lowest BCUT2D eigenvalue weighted by Gasteiger charge is -2.08. The van der Waals surface area contributed by atoms with Gasteiger partial charge in [-0.05, 0) is 42.6 Å². The summed E-state index contributed by atoms with van der Waals surface area (Å²) in [7, 11) is 0. The monoisotopic (exact) mass is 398 g/mol. The number of aromatic nitrogens is 2. The fourth-order valence-electron chi connectivity index (χ4n) is 2.98. The van der Waals surface area contributed by atoms with Crippen LogP contribution in [0.3, 0.4) is 0 Å². The Morgan fingerprint density at radius 2 is 1.97 bits per heavy atom. The maximum atomic E-state index is 12.4. The number of H-pyrrole nitrogens is 1. The highest BCUT2D eigenvalue weighted by molar-refractivity contribution is 8.00. The second kappa shape index (κ2) is 8.21. The number of anilines is 1. The molecule has 0 fully saturated rings. The molecule has 1 amide bonds. The van der Waals surface area contributed by atoms with Gasteiger partial charge in [0.2, 0.25) is 5.91 Å². The summed E-state index contributed by atoms with van der Waals surface area (Å²) in [5.74, 6) is 0.0225. The molecular formula is C23H18N4OS. The minimum Gasteiger partial charge on any atom is -0.361 e. The summed E-state index contributed by atoms with van der Waals surface area (Å²) in [6.45, 7) is 2.03. The summed E-state index contributed by atoms with van der Waals surface area (Å²) < 4.78 is 0. The van der Waals surface area contributed by atoms with Gasteiger partial charge in [0.15, 0.2) is 0 Å². The van der Waals surface area contributed by atoms with Crippen LogP contribution in [0.4, 0.5) is 5.69 Å². The fourth-order valence-corrected chi connectivity index (χ4v) is 3.75. The van der Waals surface area contributed by atoms with Crippen molar-refractivity contribution in [3.05, 3.63) is 78.0 Å². The van der Waals surface area contributed by atoms with Crippen LogP contribution in [0, 0.1) is 18.3 Å². The molecule has 0 aliphatic carbocycles. The SMILES string of the molecule is Cc1ccc(-c2ccc(C#N)c(SCC(=O)Nc3ccc4cc[nH]c4c3)n2)cc1. The molecule has 2 aromatic heterocycles. The lowest BCUT2D eigenvalue weighted by atomic mass is 10.1. The normalized spacial score (nSPS) is 10.6. The first-order valence-electron chi connectivity index (χ1n) is 9.10. The Morgan fingerprint density at radius 3 is 2.76 bits per heavy atom. The van der Waals surface area contributed by atoms with Crippen molar-refractivity contribution < 1.29 is 4.79 Å². The van der Waals surface area contributed by atoms with E-state index in [0.717, 1.165) is 27.8 Å². The van der Waals surface area contributed by atoms with Gasteiger partial charge >= 0.3 is 0 Å². The molecule has 0 aliphatic heterocycles. The van der Waals surface area contributed by atoms with E-state index in [9.17, 15) is 10.1 Å². The molecule has 142 valence electrons. The van der Waals surface area contributed by atoms with Crippen molar-refractivity contribution in [2.45, 2.75) is 11.9 Å². The predicted molar refractivity (Wildman–Crippen MR) is 117 cm³/mol. The van der Waals surface area contributed by atoms with Gasteiger partial charge in [0.05, 0.1) is 17.0 Å². The zero-order valence-electron chi connectivity index (χ0n) is 15.8. The standard InChI is InChI=1S/C23H18N4OS/c1-15-2-4-16(5-3-15)20-9-7-18(13-24)23(27-20)29-14-22(28)26-19-8-6-17-10-11-25-21(17)12-19/h2-12,25H,14H2,1H3,(H,26,28). The Kier molecular flexibility index (Phi) is 5.32.